The van der Waals surface area contributed by atoms with Crippen LogP contribution >= 0.6 is 11.6 Å². The fraction of sp³-hybridized carbons (Fsp3) is 0.200. The lowest BCUT2D eigenvalue weighted by molar-refractivity contribution is -0.141. The lowest BCUT2D eigenvalue weighted by atomic mass is 9.92. The first-order valence-electron chi connectivity index (χ1n) is 10.1. The highest BCUT2D eigenvalue weighted by Crippen LogP contribution is 2.30. The molecule has 5 nitrogen and oxygen atoms in total. The molecular formula is C25H22ClNO4. The molecule has 0 spiro atoms. The third-order valence-corrected chi connectivity index (χ3v) is 5.80. The second-order valence-electron chi connectivity index (χ2n) is 7.61. The van der Waals surface area contributed by atoms with Crippen LogP contribution in [0.4, 0.5) is 0 Å². The molecule has 0 amide bonds. The highest BCUT2D eigenvalue weighted by atomic mass is 35.5. The van der Waals surface area contributed by atoms with Crippen LogP contribution in [0.1, 0.15) is 30.4 Å². The Morgan fingerprint density at radius 1 is 1.00 bits per heavy atom. The molecule has 31 heavy (non-hydrogen) atoms. The van der Waals surface area contributed by atoms with Crippen molar-refractivity contribution in [3.8, 4) is 0 Å². The number of fused-ring (bicyclic) bond motifs is 3. The summed E-state index contributed by atoms with van der Waals surface area (Å²) in [6.07, 6.45) is 2.10. The number of rotatable bonds is 8. The Balaban J connectivity index is 1.49. The number of carbonyl (C=O) groups is 1. The first kappa shape index (κ1) is 20.9. The molecule has 2 N–H and O–H groups in total. The van der Waals surface area contributed by atoms with Crippen LogP contribution in [-0.2, 0) is 11.2 Å². The molecule has 0 bridgehead atoms. The zero-order valence-corrected chi connectivity index (χ0v) is 17.5. The van der Waals surface area contributed by atoms with Gasteiger partial charge in [0, 0.05) is 27.8 Å². The van der Waals surface area contributed by atoms with Gasteiger partial charge in [0.25, 0.3) is 0 Å². The Morgan fingerprint density at radius 3 is 2.48 bits per heavy atom. The number of nitrogens with zero attached hydrogens (tertiary/aromatic N) is 1. The van der Waals surface area contributed by atoms with Gasteiger partial charge in [0.05, 0.1) is 11.6 Å². The van der Waals surface area contributed by atoms with Crippen LogP contribution in [-0.4, -0.2) is 22.0 Å². The maximum absolute atomic E-state index is 11.8. The van der Waals surface area contributed by atoms with Crippen LogP contribution in [0, 0.1) is 5.92 Å². The summed E-state index contributed by atoms with van der Waals surface area (Å²) in [7, 11) is 0. The SMILES string of the molecule is O=C(O)C(CCCc1ccc(Cl)cc1)C/C(=N\O)c1ccc2oc3ccccc3c2c1. The van der Waals surface area contributed by atoms with Crippen LogP contribution in [0.2, 0.25) is 5.02 Å². The van der Waals surface area contributed by atoms with E-state index in [4.69, 9.17) is 16.0 Å². The Labute approximate surface area is 184 Å². The van der Waals surface area contributed by atoms with Crippen molar-refractivity contribution in [1.29, 1.82) is 0 Å². The van der Waals surface area contributed by atoms with Crippen LogP contribution in [0.15, 0.2) is 76.3 Å². The van der Waals surface area contributed by atoms with Gasteiger partial charge in [-0.25, -0.2) is 0 Å². The largest absolute Gasteiger partial charge is 0.481 e. The van der Waals surface area contributed by atoms with E-state index in [0.717, 1.165) is 33.9 Å². The monoisotopic (exact) mass is 435 g/mol. The van der Waals surface area contributed by atoms with Gasteiger partial charge in [0.2, 0.25) is 0 Å². The van der Waals surface area contributed by atoms with Crippen LogP contribution in [0.25, 0.3) is 21.9 Å². The molecule has 4 rings (SSSR count). The molecule has 6 heteroatoms. The summed E-state index contributed by atoms with van der Waals surface area (Å²) in [5.41, 5.74) is 3.67. The second-order valence-corrected chi connectivity index (χ2v) is 8.05. The van der Waals surface area contributed by atoms with Gasteiger partial charge in [-0.3, -0.25) is 4.79 Å². The lowest BCUT2D eigenvalue weighted by Gasteiger charge is -2.13. The van der Waals surface area contributed by atoms with Gasteiger partial charge in [0.1, 0.15) is 11.2 Å². The minimum atomic E-state index is -0.896. The highest BCUT2D eigenvalue weighted by Gasteiger charge is 2.22. The number of hydrogen-bond acceptors (Lipinski definition) is 4. The average Bonchev–Trinajstić information content (AvgIpc) is 3.15. The number of para-hydroxylation sites is 1. The fourth-order valence-electron chi connectivity index (χ4n) is 3.87. The number of hydrogen-bond donors (Lipinski definition) is 2. The van der Waals surface area contributed by atoms with Gasteiger partial charge in [-0.15, -0.1) is 0 Å². The van der Waals surface area contributed by atoms with Crippen molar-refractivity contribution < 1.29 is 19.5 Å². The topological polar surface area (TPSA) is 83.0 Å². The zero-order chi connectivity index (χ0) is 21.8. The minimum absolute atomic E-state index is 0.147. The molecule has 0 aliphatic heterocycles. The van der Waals surface area contributed by atoms with Crippen molar-refractivity contribution in [2.45, 2.75) is 25.7 Å². The van der Waals surface area contributed by atoms with Gasteiger partial charge >= 0.3 is 5.97 Å². The molecule has 0 aliphatic carbocycles. The van der Waals surface area contributed by atoms with Gasteiger partial charge in [-0.05, 0) is 61.2 Å². The lowest BCUT2D eigenvalue weighted by Crippen LogP contribution is -2.19. The van der Waals surface area contributed by atoms with E-state index in [2.05, 4.69) is 5.16 Å². The summed E-state index contributed by atoms with van der Waals surface area (Å²) in [5, 5.41) is 25.3. The Kier molecular flexibility index (Phi) is 6.23. The summed E-state index contributed by atoms with van der Waals surface area (Å²) in [4.78, 5) is 11.8. The van der Waals surface area contributed by atoms with Crippen LogP contribution in [0.5, 0.6) is 0 Å². The Bertz CT molecular complexity index is 1240. The first-order valence-corrected chi connectivity index (χ1v) is 10.5. The molecule has 0 saturated heterocycles. The quantitative estimate of drug-likeness (QED) is 0.187. The van der Waals surface area contributed by atoms with Crippen molar-refractivity contribution in [2.75, 3.05) is 0 Å². The zero-order valence-electron chi connectivity index (χ0n) is 16.8. The van der Waals surface area contributed by atoms with E-state index in [1.165, 1.54) is 0 Å². The van der Waals surface area contributed by atoms with Crippen molar-refractivity contribution >= 4 is 45.2 Å². The maximum Gasteiger partial charge on any atom is 0.306 e. The smallest absolute Gasteiger partial charge is 0.306 e. The van der Waals surface area contributed by atoms with Crippen LogP contribution in [0.3, 0.4) is 0 Å². The number of carboxylic acid groups (broad SMARTS) is 1. The van der Waals surface area contributed by atoms with Crippen molar-refractivity contribution in [3.63, 3.8) is 0 Å². The molecule has 1 heterocycles. The molecule has 0 fully saturated rings. The van der Waals surface area contributed by atoms with Gasteiger partial charge in [0.15, 0.2) is 0 Å². The Morgan fingerprint density at radius 2 is 1.74 bits per heavy atom. The number of oxime groups is 1. The average molecular weight is 436 g/mol. The summed E-state index contributed by atoms with van der Waals surface area (Å²) in [5.74, 6) is -1.54. The second kappa shape index (κ2) is 9.23. The number of aliphatic carboxylic acids is 1. The van der Waals surface area contributed by atoms with E-state index < -0.39 is 11.9 Å². The summed E-state index contributed by atoms with van der Waals surface area (Å²) in [6.45, 7) is 0. The van der Waals surface area contributed by atoms with E-state index in [1.54, 1.807) is 6.07 Å². The van der Waals surface area contributed by atoms with Crippen LogP contribution < -0.4 is 0 Å². The standard InChI is InChI=1S/C25H22ClNO4/c26-19-11-8-16(9-12-19)4-3-5-18(25(28)29)15-22(27-30)17-10-13-24-21(14-17)20-6-1-2-7-23(20)31-24/h1-2,6-14,18,30H,3-5,15H2,(H,28,29)/b27-22+. The molecular weight excluding hydrogens is 414 g/mol. The number of furan rings is 1. The third-order valence-electron chi connectivity index (χ3n) is 5.55. The molecule has 0 saturated carbocycles. The number of carboxylic acids is 1. The Hall–Kier alpha value is -3.31. The molecule has 1 aromatic heterocycles. The maximum atomic E-state index is 11.8. The van der Waals surface area contributed by atoms with E-state index >= 15 is 0 Å². The van der Waals surface area contributed by atoms with E-state index in [0.29, 0.717) is 29.1 Å². The normalized spacial score (nSPS) is 13.0. The van der Waals surface area contributed by atoms with E-state index in [-0.39, 0.29) is 6.42 Å². The molecule has 4 aromatic rings. The molecule has 158 valence electrons. The molecule has 0 radical (unpaired) electrons. The van der Waals surface area contributed by atoms with Gasteiger partial charge in [-0.2, -0.15) is 0 Å². The summed E-state index contributed by atoms with van der Waals surface area (Å²) < 4.78 is 5.84. The molecule has 3 aromatic carbocycles. The molecule has 1 unspecified atom stereocenters. The molecule has 0 aliphatic rings. The predicted octanol–water partition coefficient (Wildman–Crippen LogP) is 6.53. The van der Waals surface area contributed by atoms with Crippen molar-refractivity contribution in [3.05, 3.63) is 82.9 Å². The fourth-order valence-corrected chi connectivity index (χ4v) is 4.00. The summed E-state index contributed by atoms with van der Waals surface area (Å²) >= 11 is 5.91. The first-order chi connectivity index (χ1) is 15.0. The van der Waals surface area contributed by atoms with E-state index in [9.17, 15) is 15.1 Å². The van der Waals surface area contributed by atoms with Crippen molar-refractivity contribution in [1.82, 2.24) is 0 Å². The predicted molar refractivity (Wildman–Crippen MR) is 122 cm³/mol. The number of benzene rings is 3. The van der Waals surface area contributed by atoms with Crippen molar-refractivity contribution in [2.24, 2.45) is 11.1 Å². The van der Waals surface area contributed by atoms with E-state index in [1.807, 2.05) is 60.7 Å². The summed E-state index contributed by atoms with van der Waals surface area (Å²) in [6, 6.07) is 20.8. The number of aryl methyl sites for hydroxylation is 1. The minimum Gasteiger partial charge on any atom is -0.481 e. The molecule has 1 atom stereocenters. The van der Waals surface area contributed by atoms with Gasteiger partial charge < -0.3 is 14.7 Å². The third kappa shape index (κ3) is 4.72. The van der Waals surface area contributed by atoms with Gasteiger partial charge in [-0.1, -0.05) is 47.1 Å². The number of halogens is 1. The highest BCUT2D eigenvalue weighted by molar-refractivity contribution is 6.30.